The Bertz CT molecular complexity index is 948. The van der Waals surface area contributed by atoms with Crippen LogP contribution in [0.5, 0.6) is 0 Å². The molecule has 0 bridgehead atoms. The van der Waals surface area contributed by atoms with Crippen LogP contribution in [0.1, 0.15) is 98.8 Å². The molecule has 0 aromatic heterocycles. The number of aliphatic hydroxyl groups is 1. The summed E-state index contributed by atoms with van der Waals surface area (Å²) in [5, 5.41) is 44.1. The highest BCUT2D eigenvalue weighted by Gasteiger charge is 2.30. The Morgan fingerprint density at radius 1 is 0.750 bits per heavy atom. The van der Waals surface area contributed by atoms with Crippen molar-refractivity contribution in [3.8, 4) is 0 Å². The van der Waals surface area contributed by atoms with Gasteiger partial charge in [0.2, 0.25) is 5.91 Å². The number of unbranched alkanes of at least 4 members (excludes halogenated alkanes) is 3. The molecule has 0 aliphatic rings. The van der Waals surface area contributed by atoms with Gasteiger partial charge in [-0.3, -0.25) is 14.4 Å². The van der Waals surface area contributed by atoms with Gasteiger partial charge in [0.25, 0.3) is 0 Å². The maximum absolute atomic E-state index is 12.1. The Kier molecular flexibility index (Phi) is 18.9. The van der Waals surface area contributed by atoms with E-state index in [2.05, 4.69) is 16.0 Å². The molecule has 0 aromatic rings. The van der Waals surface area contributed by atoms with Crippen molar-refractivity contribution in [2.45, 2.75) is 122 Å². The fourth-order valence-corrected chi connectivity index (χ4v) is 3.89. The Balaban J connectivity index is 4.13. The predicted octanol–water partition coefficient (Wildman–Crippen LogP) is 2.04. The normalized spacial score (nSPS) is 13.7. The van der Waals surface area contributed by atoms with E-state index in [4.69, 9.17) is 19.7 Å². The highest BCUT2D eigenvalue weighted by molar-refractivity contribution is 5.86. The third kappa shape index (κ3) is 19.7. The lowest BCUT2D eigenvalue weighted by Gasteiger charge is -2.26. The van der Waals surface area contributed by atoms with E-state index in [-0.39, 0.29) is 32.0 Å². The summed E-state index contributed by atoms with van der Waals surface area (Å²) in [6, 6.07) is -3.79. The van der Waals surface area contributed by atoms with Gasteiger partial charge in [-0.05, 0) is 73.1 Å². The lowest BCUT2D eigenvalue weighted by Crippen LogP contribution is -2.51. The molecule has 0 spiro atoms. The van der Waals surface area contributed by atoms with E-state index in [0.717, 1.165) is 19.3 Å². The number of hydrogen-bond acceptors (Lipinski definition) is 9. The largest absolute Gasteiger partial charge is 0.481 e. The minimum Gasteiger partial charge on any atom is -0.481 e. The summed E-state index contributed by atoms with van der Waals surface area (Å²) in [5.74, 6) is -5.24. The summed E-state index contributed by atoms with van der Waals surface area (Å²) in [7, 11) is 0. The molecule has 15 heteroatoms. The number of nitrogens with one attached hydrogen (secondary N) is 3. The maximum Gasteiger partial charge on any atom is 0.326 e. The fourth-order valence-electron chi connectivity index (χ4n) is 3.89. The Labute approximate surface area is 258 Å². The van der Waals surface area contributed by atoms with E-state index in [0.29, 0.717) is 32.2 Å². The number of urea groups is 1. The van der Waals surface area contributed by atoms with Gasteiger partial charge in [0.15, 0.2) is 0 Å². The van der Waals surface area contributed by atoms with Crippen LogP contribution in [-0.4, -0.2) is 99.3 Å². The molecule has 0 rings (SSSR count). The Morgan fingerprint density at radius 2 is 1.34 bits per heavy atom. The molecule has 44 heavy (non-hydrogen) atoms. The van der Waals surface area contributed by atoms with Gasteiger partial charge in [0, 0.05) is 19.4 Å². The van der Waals surface area contributed by atoms with Crippen LogP contribution >= 0.6 is 0 Å². The van der Waals surface area contributed by atoms with E-state index < -0.39 is 65.5 Å². The fraction of sp³-hybridized carbons (Fsp3) is 0.793. The molecule has 0 heterocycles. The smallest absolute Gasteiger partial charge is 0.326 e. The average molecular weight is 634 g/mol. The van der Waals surface area contributed by atoms with Gasteiger partial charge in [0.1, 0.15) is 18.7 Å². The van der Waals surface area contributed by atoms with Crippen LogP contribution < -0.4 is 16.0 Å². The molecule has 3 amide bonds. The van der Waals surface area contributed by atoms with Gasteiger partial charge >= 0.3 is 29.9 Å². The summed E-state index contributed by atoms with van der Waals surface area (Å²) >= 11 is 0. The standard InChI is InChI=1S/C29H51N3O12/c1-19(29(4,5)42)26(40)43-17-18-44-28(2,3)15-9-6-7-12-22(33)30-16-10-8-11-20(24(36)37)31-27(41)32-21(25(38)39)13-14-23(34)35/h19-21,42H,6-18H2,1-5H3,(H,30,33)(H,34,35)(H,36,37)(H,38,39)(H2,31,32,41)/t19?,20-,21-/m0/s1. The number of carboxylic acids is 3. The Hall–Kier alpha value is -3.46. The minimum atomic E-state index is -1.48. The molecule has 254 valence electrons. The highest BCUT2D eigenvalue weighted by Crippen LogP contribution is 2.20. The van der Waals surface area contributed by atoms with Gasteiger partial charge in [-0.15, -0.1) is 0 Å². The van der Waals surface area contributed by atoms with E-state index in [9.17, 15) is 39.0 Å². The van der Waals surface area contributed by atoms with Crippen molar-refractivity contribution in [3.63, 3.8) is 0 Å². The van der Waals surface area contributed by atoms with Gasteiger partial charge in [-0.1, -0.05) is 12.8 Å². The number of aliphatic carboxylic acids is 3. The number of carboxylic acid groups (broad SMARTS) is 3. The number of carbonyl (C=O) groups excluding carboxylic acids is 3. The van der Waals surface area contributed by atoms with Gasteiger partial charge in [-0.2, -0.15) is 0 Å². The van der Waals surface area contributed by atoms with Gasteiger partial charge in [-0.25, -0.2) is 14.4 Å². The van der Waals surface area contributed by atoms with Crippen LogP contribution in [0.3, 0.4) is 0 Å². The maximum atomic E-state index is 12.1. The van der Waals surface area contributed by atoms with Crippen LogP contribution in [0.25, 0.3) is 0 Å². The first-order chi connectivity index (χ1) is 20.4. The topological polar surface area (TPSA) is 238 Å². The average Bonchev–Trinajstić information content (AvgIpc) is 2.90. The molecule has 3 atom stereocenters. The zero-order valence-electron chi connectivity index (χ0n) is 26.5. The number of esters is 1. The van der Waals surface area contributed by atoms with E-state index in [1.807, 2.05) is 13.8 Å². The Morgan fingerprint density at radius 3 is 1.89 bits per heavy atom. The van der Waals surface area contributed by atoms with Gasteiger partial charge in [0.05, 0.1) is 23.7 Å². The molecule has 0 radical (unpaired) electrons. The number of ether oxygens (including phenoxy) is 2. The summed E-state index contributed by atoms with van der Waals surface area (Å²) in [6.45, 7) is 9.22. The number of amides is 3. The monoisotopic (exact) mass is 633 g/mol. The lowest BCUT2D eigenvalue weighted by atomic mass is 9.93. The summed E-state index contributed by atoms with van der Waals surface area (Å²) in [6.07, 6.45) is 3.45. The van der Waals surface area contributed by atoms with Crippen molar-refractivity contribution in [1.29, 1.82) is 0 Å². The first-order valence-electron chi connectivity index (χ1n) is 14.9. The third-order valence-corrected chi connectivity index (χ3v) is 7.01. The van der Waals surface area contributed by atoms with Crippen molar-refractivity contribution in [2.24, 2.45) is 5.92 Å². The number of rotatable bonds is 24. The van der Waals surface area contributed by atoms with Crippen molar-refractivity contribution < 1.29 is 58.7 Å². The highest BCUT2D eigenvalue weighted by atomic mass is 16.6. The van der Waals surface area contributed by atoms with Crippen molar-refractivity contribution >= 4 is 35.8 Å². The zero-order chi connectivity index (χ0) is 33.9. The van der Waals surface area contributed by atoms with E-state index >= 15 is 0 Å². The first-order valence-corrected chi connectivity index (χ1v) is 14.9. The predicted molar refractivity (Wildman–Crippen MR) is 158 cm³/mol. The second kappa shape index (κ2) is 20.5. The van der Waals surface area contributed by atoms with Crippen molar-refractivity contribution in [1.82, 2.24) is 16.0 Å². The molecular formula is C29H51N3O12. The van der Waals surface area contributed by atoms with Crippen LogP contribution in [-0.2, 0) is 33.4 Å². The number of carbonyl (C=O) groups is 6. The van der Waals surface area contributed by atoms with Crippen molar-refractivity contribution in [2.75, 3.05) is 19.8 Å². The summed E-state index contributed by atoms with van der Waals surface area (Å²) < 4.78 is 11.0. The minimum absolute atomic E-state index is 0.0474. The van der Waals surface area contributed by atoms with Gasteiger partial charge < -0.3 is 45.9 Å². The van der Waals surface area contributed by atoms with Crippen LogP contribution in [0.15, 0.2) is 0 Å². The molecule has 7 N–H and O–H groups in total. The summed E-state index contributed by atoms with van der Waals surface area (Å²) in [5.41, 5.74) is -1.59. The number of hydrogen-bond donors (Lipinski definition) is 7. The SMILES string of the molecule is CC(C(=O)OCCOC(C)(C)CCCCCC(=O)NCCCC[C@H](NC(=O)N[C@@H](CCC(=O)O)C(=O)O)C(=O)O)C(C)(C)O. The molecule has 0 aliphatic heterocycles. The molecular weight excluding hydrogens is 582 g/mol. The quantitative estimate of drug-likeness (QED) is 0.0597. The van der Waals surface area contributed by atoms with E-state index in [1.54, 1.807) is 20.8 Å². The summed E-state index contributed by atoms with van der Waals surface area (Å²) in [4.78, 5) is 69.4. The van der Waals surface area contributed by atoms with Crippen LogP contribution in [0.2, 0.25) is 0 Å². The zero-order valence-corrected chi connectivity index (χ0v) is 26.5. The van der Waals surface area contributed by atoms with Crippen molar-refractivity contribution in [3.05, 3.63) is 0 Å². The molecule has 15 nitrogen and oxygen atoms in total. The lowest BCUT2D eigenvalue weighted by molar-refractivity contribution is -0.159. The third-order valence-electron chi connectivity index (χ3n) is 7.01. The second-order valence-corrected chi connectivity index (χ2v) is 11.9. The molecule has 0 saturated heterocycles. The molecule has 0 saturated carbocycles. The molecule has 0 aromatic carbocycles. The second-order valence-electron chi connectivity index (χ2n) is 11.9. The molecule has 1 unspecified atom stereocenters. The molecule has 0 aliphatic carbocycles. The van der Waals surface area contributed by atoms with Crippen LogP contribution in [0, 0.1) is 5.92 Å². The first kappa shape index (κ1) is 40.5. The van der Waals surface area contributed by atoms with Crippen LogP contribution in [0.4, 0.5) is 4.79 Å². The molecule has 0 fully saturated rings. The van der Waals surface area contributed by atoms with E-state index in [1.165, 1.54) is 0 Å².